The van der Waals surface area contributed by atoms with E-state index in [1.54, 1.807) is 0 Å². The molecule has 0 amide bonds. The first-order chi connectivity index (χ1) is 9.29. The van der Waals surface area contributed by atoms with Gasteiger partial charge in [-0.05, 0) is 18.6 Å². The van der Waals surface area contributed by atoms with E-state index in [0.717, 1.165) is 30.0 Å². The maximum atomic E-state index is 6.30. The summed E-state index contributed by atoms with van der Waals surface area (Å²) in [6.07, 6.45) is 7.01. The number of rotatable bonds is 4. The van der Waals surface area contributed by atoms with Crippen molar-refractivity contribution in [2.75, 3.05) is 0 Å². The van der Waals surface area contributed by atoms with Crippen molar-refractivity contribution in [2.45, 2.75) is 26.4 Å². The van der Waals surface area contributed by atoms with Crippen LogP contribution >= 0.6 is 11.6 Å². The van der Waals surface area contributed by atoms with E-state index < -0.39 is 0 Å². The van der Waals surface area contributed by atoms with Gasteiger partial charge in [0, 0.05) is 24.3 Å². The van der Waals surface area contributed by atoms with Gasteiger partial charge in [-0.3, -0.25) is 0 Å². The number of fused-ring (bicyclic) bond motifs is 1. The second-order valence-corrected chi connectivity index (χ2v) is 5.11. The summed E-state index contributed by atoms with van der Waals surface area (Å²) in [5.74, 6) is 0. The van der Waals surface area contributed by atoms with Gasteiger partial charge in [0.2, 0.25) is 0 Å². The molecular formula is C15H16ClN3. The highest BCUT2D eigenvalue weighted by atomic mass is 35.5. The summed E-state index contributed by atoms with van der Waals surface area (Å²) in [7, 11) is 0. The van der Waals surface area contributed by atoms with E-state index in [1.165, 1.54) is 11.1 Å². The minimum Gasteiger partial charge on any atom is -0.340 e. The second kappa shape index (κ2) is 5.10. The average molecular weight is 274 g/mol. The number of halogens is 1. The van der Waals surface area contributed by atoms with Gasteiger partial charge >= 0.3 is 0 Å². The van der Waals surface area contributed by atoms with Crippen LogP contribution < -0.4 is 0 Å². The Balaban J connectivity index is 1.99. The van der Waals surface area contributed by atoms with Crippen LogP contribution in [-0.4, -0.2) is 14.1 Å². The molecular weight excluding hydrogens is 258 g/mol. The first kappa shape index (κ1) is 12.3. The van der Waals surface area contributed by atoms with Gasteiger partial charge in [-0.2, -0.15) is 0 Å². The molecule has 0 radical (unpaired) electrons. The molecule has 0 aliphatic carbocycles. The highest BCUT2D eigenvalue weighted by molar-refractivity contribution is 6.35. The highest BCUT2D eigenvalue weighted by Gasteiger charge is 2.08. The van der Waals surface area contributed by atoms with Crippen molar-refractivity contribution < 1.29 is 0 Å². The minimum absolute atomic E-state index is 0.795. The Bertz CT molecular complexity index is 696. The molecule has 1 aromatic carbocycles. The maximum Gasteiger partial charge on any atom is 0.0948 e. The summed E-state index contributed by atoms with van der Waals surface area (Å²) in [5.41, 5.74) is 2.30. The smallest absolute Gasteiger partial charge is 0.0948 e. The quantitative estimate of drug-likeness (QED) is 0.706. The molecule has 0 aliphatic heterocycles. The van der Waals surface area contributed by atoms with Crippen molar-refractivity contribution in [3.05, 3.63) is 53.7 Å². The van der Waals surface area contributed by atoms with Crippen LogP contribution in [0.2, 0.25) is 5.02 Å². The second-order valence-electron chi connectivity index (χ2n) is 4.70. The number of benzene rings is 1. The fourth-order valence-corrected chi connectivity index (χ4v) is 2.73. The van der Waals surface area contributed by atoms with Crippen molar-refractivity contribution in [1.29, 1.82) is 0 Å². The monoisotopic (exact) mass is 273 g/mol. The predicted octanol–water partition coefficient (Wildman–Crippen LogP) is 3.95. The normalized spacial score (nSPS) is 11.3. The van der Waals surface area contributed by atoms with Gasteiger partial charge in [0.05, 0.1) is 29.1 Å². The van der Waals surface area contributed by atoms with Crippen molar-refractivity contribution in [3.8, 4) is 0 Å². The lowest BCUT2D eigenvalue weighted by Gasteiger charge is -2.09. The summed E-state index contributed by atoms with van der Waals surface area (Å²) in [5, 5.41) is 1.97. The van der Waals surface area contributed by atoms with Crippen LogP contribution in [0.25, 0.3) is 10.9 Å². The summed E-state index contributed by atoms with van der Waals surface area (Å²) in [6, 6.07) is 8.10. The van der Waals surface area contributed by atoms with Crippen LogP contribution in [0.15, 0.2) is 43.0 Å². The standard InChI is InChI=1S/C15H16ClN3/c1-2-7-19-11-17-9-13(19)10-18-8-6-12-4-3-5-14(16)15(12)18/h3-6,8-9,11H,2,7,10H2,1H3. The van der Waals surface area contributed by atoms with Gasteiger partial charge in [0.15, 0.2) is 0 Å². The molecule has 0 fully saturated rings. The van der Waals surface area contributed by atoms with Gasteiger partial charge in [-0.25, -0.2) is 4.98 Å². The fraction of sp³-hybridized carbons (Fsp3) is 0.267. The number of imidazole rings is 1. The third-order valence-electron chi connectivity index (χ3n) is 3.33. The first-order valence-corrected chi connectivity index (χ1v) is 6.89. The molecule has 98 valence electrons. The minimum atomic E-state index is 0.795. The molecule has 3 aromatic rings. The van der Waals surface area contributed by atoms with Crippen molar-refractivity contribution >= 4 is 22.5 Å². The number of aromatic nitrogens is 3. The average Bonchev–Trinajstić information content (AvgIpc) is 3.00. The Morgan fingerprint density at radius 1 is 1.21 bits per heavy atom. The number of aryl methyl sites for hydroxylation is 1. The molecule has 2 aromatic heterocycles. The Labute approximate surface area is 117 Å². The lowest BCUT2D eigenvalue weighted by atomic mass is 10.2. The molecule has 0 aliphatic rings. The molecule has 0 saturated heterocycles. The van der Waals surface area contributed by atoms with E-state index in [4.69, 9.17) is 11.6 Å². The number of hydrogen-bond acceptors (Lipinski definition) is 1. The van der Waals surface area contributed by atoms with Crippen LogP contribution in [0, 0.1) is 0 Å². The van der Waals surface area contributed by atoms with Gasteiger partial charge < -0.3 is 9.13 Å². The molecule has 3 nitrogen and oxygen atoms in total. The highest BCUT2D eigenvalue weighted by Crippen LogP contribution is 2.25. The lowest BCUT2D eigenvalue weighted by Crippen LogP contribution is -2.06. The molecule has 0 spiro atoms. The van der Waals surface area contributed by atoms with E-state index >= 15 is 0 Å². The van der Waals surface area contributed by atoms with Gasteiger partial charge in [-0.1, -0.05) is 30.7 Å². The van der Waals surface area contributed by atoms with E-state index in [9.17, 15) is 0 Å². The van der Waals surface area contributed by atoms with Gasteiger partial charge in [0.25, 0.3) is 0 Å². The number of nitrogens with zero attached hydrogens (tertiary/aromatic N) is 3. The zero-order chi connectivity index (χ0) is 13.2. The molecule has 0 atom stereocenters. The molecule has 0 bridgehead atoms. The SMILES string of the molecule is CCCn1cncc1Cn1ccc2cccc(Cl)c21. The third kappa shape index (κ3) is 2.26. The molecule has 4 heteroatoms. The third-order valence-corrected chi connectivity index (χ3v) is 3.64. The van der Waals surface area contributed by atoms with Crippen LogP contribution in [0.1, 0.15) is 19.0 Å². The van der Waals surface area contributed by atoms with Crippen molar-refractivity contribution in [2.24, 2.45) is 0 Å². The summed E-state index contributed by atoms with van der Waals surface area (Å²) < 4.78 is 4.38. The Hall–Kier alpha value is -1.74. The van der Waals surface area contributed by atoms with E-state index in [2.05, 4.69) is 39.4 Å². The number of hydrogen-bond donors (Lipinski definition) is 0. The van der Waals surface area contributed by atoms with Crippen molar-refractivity contribution in [1.82, 2.24) is 14.1 Å². The summed E-state index contributed by atoms with van der Waals surface area (Å²) in [6.45, 7) is 3.97. The van der Waals surface area contributed by atoms with E-state index in [0.29, 0.717) is 0 Å². The van der Waals surface area contributed by atoms with Gasteiger partial charge in [-0.15, -0.1) is 0 Å². The summed E-state index contributed by atoms with van der Waals surface area (Å²) in [4.78, 5) is 4.24. The zero-order valence-corrected chi connectivity index (χ0v) is 11.6. The van der Waals surface area contributed by atoms with E-state index in [1.807, 2.05) is 24.7 Å². The van der Waals surface area contributed by atoms with E-state index in [-0.39, 0.29) is 0 Å². The first-order valence-electron chi connectivity index (χ1n) is 6.52. The molecule has 3 rings (SSSR count). The van der Waals surface area contributed by atoms with Crippen molar-refractivity contribution in [3.63, 3.8) is 0 Å². The molecule has 0 saturated carbocycles. The van der Waals surface area contributed by atoms with Gasteiger partial charge in [0.1, 0.15) is 0 Å². The molecule has 0 N–H and O–H groups in total. The fourth-order valence-electron chi connectivity index (χ4n) is 2.44. The number of para-hydroxylation sites is 1. The Morgan fingerprint density at radius 2 is 2.11 bits per heavy atom. The van der Waals surface area contributed by atoms with Crippen LogP contribution in [-0.2, 0) is 13.1 Å². The Morgan fingerprint density at radius 3 is 2.95 bits per heavy atom. The zero-order valence-electron chi connectivity index (χ0n) is 10.9. The molecule has 19 heavy (non-hydrogen) atoms. The molecule has 0 unspecified atom stereocenters. The molecule has 2 heterocycles. The summed E-state index contributed by atoms with van der Waals surface area (Å²) >= 11 is 6.30. The maximum absolute atomic E-state index is 6.30. The Kier molecular flexibility index (Phi) is 3.30. The topological polar surface area (TPSA) is 22.8 Å². The van der Waals surface area contributed by atoms with Crippen LogP contribution in [0.5, 0.6) is 0 Å². The van der Waals surface area contributed by atoms with Crippen LogP contribution in [0.3, 0.4) is 0 Å². The lowest BCUT2D eigenvalue weighted by molar-refractivity contribution is 0.629. The van der Waals surface area contributed by atoms with Crippen LogP contribution in [0.4, 0.5) is 0 Å². The largest absolute Gasteiger partial charge is 0.340 e. The predicted molar refractivity (Wildman–Crippen MR) is 78.6 cm³/mol.